The molecule has 0 radical (unpaired) electrons. The van der Waals surface area contributed by atoms with Gasteiger partial charge in [-0.3, -0.25) is 9.59 Å². The first-order chi connectivity index (χ1) is 16.0. The largest absolute Gasteiger partial charge is 0.366 e. The van der Waals surface area contributed by atoms with Gasteiger partial charge in [0, 0.05) is 16.0 Å². The lowest BCUT2D eigenvalue weighted by Gasteiger charge is -2.22. The number of pyridine rings is 1. The van der Waals surface area contributed by atoms with Gasteiger partial charge in [-0.1, -0.05) is 24.3 Å². The molecule has 33 heavy (non-hydrogen) atoms. The van der Waals surface area contributed by atoms with E-state index in [0.717, 1.165) is 57.9 Å². The van der Waals surface area contributed by atoms with Gasteiger partial charge in [0.05, 0.1) is 22.3 Å². The Hall–Kier alpha value is -3.84. The van der Waals surface area contributed by atoms with Gasteiger partial charge in [-0.05, 0) is 72.2 Å². The van der Waals surface area contributed by atoms with Crippen LogP contribution in [0.5, 0.6) is 0 Å². The summed E-state index contributed by atoms with van der Waals surface area (Å²) in [6.07, 6.45) is 4.67. The fourth-order valence-corrected chi connectivity index (χ4v) is 4.95. The summed E-state index contributed by atoms with van der Waals surface area (Å²) in [5.41, 5.74) is 9.43. The molecule has 0 fully saturated rings. The van der Waals surface area contributed by atoms with E-state index in [9.17, 15) is 14.0 Å². The summed E-state index contributed by atoms with van der Waals surface area (Å²) in [5.74, 6) is -1.95. The number of hydrogen-bond donors (Lipinski definition) is 2. The van der Waals surface area contributed by atoms with Crippen molar-refractivity contribution in [3.05, 3.63) is 93.1 Å². The van der Waals surface area contributed by atoms with E-state index in [4.69, 9.17) is 10.7 Å². The monoisotopic (exact) mass is 457 g/mol. The van der Waals surface area contributed by atoms with Crippen LogP contribution < -0.4 is 11.1 Å². The molecule has 5 rings (SSSR count). The third-order valence-electron chi connectivity index (χ3n) is 5.75. The number of anilines is 1. The maximum atomic E-state index is 13.9. The molecule has 0 bridgehead atoms. The summed E-state index contributed by atoms with van der Waals surface area (Å²) in [7, 11) is 0. The minimum Gasteiger partial charge on any atom is -0.366 e. The van der Waals surface area contributed by atoms with Crippen molar-refractivity contribution in [2.24, 2.45) is 5.73 Å². The highest BCUT2D eigenvalue weighted by molar-refractivity contribution is 7.10. The first kappa shape index (κ1) is 21.0. The Labute approximate surface area is 193 Å². The maximum Gasteiger partial charge on any atom is 0.256 e. The van der Waals surface area contributed by atoms with Crippen LogP contribution in [0.15, 0.2) is 60.0 Å². The Morgan fingerprint density at radius 3 is 2.73 bits per heavy atom. The number of primary amides is 1. The number of nitrogens with one attached hydrogen (secondary N) is 1. The predicted molar refractivity (Wildman–Crippen MR) is 130 cm³/mol. The van der Waals surface area contributed by atoms with Crippen molar-refractivity contribution in [3.63, 3.8) is 0 Å². The Balaban J connectivity index is 1.63. The van der Waals surface area contributed by atoms with E-state index in [2.05, 4.69) is 17.5 Å². The van der Waals surface area contributed by atoms with Crippen LogP contribution >= 0.6 is 11.3 Å². The number of rotatable bonds is 4. The summed E-state index contributed by atoms with van der Waals surface area (Å²) in [6, 6.07) is 15.4. The molecule has 0 aliphatic heterocycles. The highest BCUT2D eigenvalue weighted by atomic mass is 32.1. The van der Waals surface area contributed by atoms with Gasteiger partial charge in [0.15, 0.2) is 0 Å². The van der Waals surface area contributed by atoms with Crippen LogP contribution in [-0.2, 0) is 6.42 Å². The molecule has 2 heterocycles. The standard InChI is InChI=1S/C26H20FN3O2S/c27-21-11-10-16(14-20(21)25(28)31)29-26(32)23-18-7-1-2-9-22(18)30-24-15(5-3-8-19(23)24)13-17-6-4-12-33-17/h1-2,4,6-7,9-14H,3,5,8H2,(H2,28,31)(H,29,32)/b15-13+. The van der Waals surface area contributed by atoms with Gasteiger partial charge in [-0.2, -0.15) is 0 Å². The highest BCUT2D eigenvalue weighted by Gasteiger charge is 2.25. The van der Waals surface area contributed by atoms with Gasteiger partial charge in [-0.15, -0.1) is 11.3 Å². The number of nitrogens with two attached hydrogens (primary N) is 1. The second kappa shape index (κ2) is 8.60. The molecule has 164 valence electrons. The van der Waals surface area contributed by atoms with Crippen molar-refractivity contribution in [1.29, 1.82) is 0 Å². The fourth-order valence-electron chi connectivity index (χ4n) is 4.26. The fraction of sp³-hybridized carbons (Fsp3) is 0.115. The zero-order valence-corrected chi connectivity index (χ0v) is 18.4. The molecular formula is C26H20FN3O2S. The lowest BCUT2D eigenvalue weighted by Crippen LogP contribution is -2.19. The van der Waals surface area contributed by atoms with Crippen LogP contribution in [0, 0.1) is 5.82 Å². The number of halogens is 1. The van der Waals surface area contributed by atoms with Gasteiger partial charge in [0.2, 0.25) is 0 Å². The molecule has 0 saturated carbocycles. The normalized spacial score (nSPS) is 14.3. The maximum absolute atomic E-state index is 13.9. The molecule has 0 saturated heterocycles. The number of fused-ring (bicyclic) bond motifs is 2. The Morgan fingerprint density at radius 1 is 1.09 bits per heavy atom. The van der Waals surface area contributed by atoms with Crippen molar-refractivity contribution >= 4 is 51.4 Å². The second-order valence-electron chi connectivity index (χ2n) is 7.88. The van der Waals surface area contributed by atoms with E-state index in [-0.39, 0.29) is 11.5 Å². The molecule has 0 unspecified atom stereocenters. The number of amides is 2. The van der Waals surface area contributed by atoms with Gasteiger partial charge in [-0.25, -0.2) is 9.37 Å². The number of hydrogen-bond acceptors (Lipinski definition) is 4. The van der Waals surface area contributed by atoms with E-state index in [1.54, 1.807) is 11.3 Å². The molecule has 4 aromatic rings. The van der Waals surface area contributed by atoms with Gasteiger partial charge in [0.25, 0.3) is 11.8 Å². The first-order valence-corrected chi connectivity index (χ1v) is 11.5. The molecular weight excluding hydrogens is 437 g/mol. The number of carbonyl (C=O) groups excluding carboxylic acids is 2. The summed E-state index contributed by atoms with van der Waals surface area (Å²) >= 11 is 1.66. The molecule has 2 aromatic carbocycles. The van der Waals surface area contributed by atoms with Gasteiger partial charge in [0.1, 0.15) is 5.82 Å². The summed E-state index contributed by atoms with van der Waals surface area (Å²) < 4.78 is 13.9. The lowest BCUT2D eigenvalue weighted by molar-refractivity contribution is 0.0992. The molecule has 1 aliphatic carbocycles. The number of carbonyl (C=O) groups is 2. The van der Waals surface area contributed by atoms with E-state index >= 15 is 0 Å². The molecule has 0 spiro atoms. The number of nitrogens with zero attached hydrogens (tertiary/aromatic N) is 1. The van der Waals surface area contributed by atoms with E-state index < -0.39 is 11.7 Å². The summed E-state index contributed by atoms with van der Waals surface area (Å²) in [5, 5.41) is 5.61. The molecule has 0 atom stereocenters. The molecule has 2 aromatic heterocycles. The molecule has 3 N–H and O–H groups in total. The number of para-hydroxylation sites is 1. The zero-order chi connectivity index (χ0) is 22.9. The van der Waals surface area contributed by atoms with Crippen LogP contribution in [-0.4, -0.2) is 16.8 Å². The minimum atomic E-state index is -0.890. The third-order valence-corrected chi connectivity index (χ3v) is 6.57. The van der Waals surface area contributed by atoms with Crippen molar-refractivity contribution in [2.45, 2.75) is 19.3 Å². The lowest BCUT2D eigenvalue weighted by atomic mass is 9.86. The number of allylic oxidation sites excluding steroid dienone is 1. The molecule has 5 nitrogen and oxygen atoms in total. The van der Waals surface area contributed by atoms with Gasteiger partial charge < -0.3 is 11.1 Å². The third kappa shape index (κ3) is 4.03. The van der Waals surface area contributed by atoms with E-state index in [1.807, 2.05) is 35.7 Å². The van der Waals surface area contributed by atoms with Crippen LogP contribution in [0.25, 0.3) is 22.6 Å². The summed E-state index contributed by atoms with van der Waals surface area (Å²) in [6.45, 7) is 0. The van der Waals surface area contributed by atoms with Gasteiger partial charge >= 0.3 is 0 Å². The number of benzene rings is 2. The zero-order valence-electron chi connectivity index (χ0n) is 17.6. The Morgan fingerprint density at radius 2 is 1.94 bits per heavy atom. The van der Waals surface area contributed by atoms with Crippen molar-refractivity contribution in [1.82, 2.24) is 4.98 Å². The average Bonchev–Trinajstić information content (AvgIpc) is 3.32. The quantitative estimate of drug-likeness (QED) is 0.414. The Bertz CT molecular complexity index is 1430. The number of aromatic nitrogens is 1. The van der Waals surface area contributed by atoms with E-state index in [0.29, 0.717) is 11.3 Å². The smallest absolute Gasteiger partial charge is 0.256 e. The highest BCUT2D eigenvalue weighted by Crippen LogP contribution is 2.37. The van der Waals surface area contributed by atoms with Crippen molar-refractivity contribution in [2.75, 3.05) is 5.32 Å². The SMILES string of the molecule is NC(=O)c1cc(NC(=O)c2c3c(nc4ccccc24)/C(=C/c2cccs2)CCC3)ccc1F. The first-order valence-electron chi connectivity index (χ1n) is 10.6. The topological polar surface area (TPSA) is 85.1 Å². The average molecular weight is 458 g/mol. The Kier molecular flexibility index (Phi) is 5.48. The van der Waals surface area contributed by atoms with Crippen LogP contribution in [0.1, 0.15) is 49.7 Å². The van der Waals surface area contributed by atoms with E-state index in [1.165, 1.54) is 12.1 Å². The number of thiophene rings is 1. The van der Waals surface area contributed by atoms with Crippen LogP contribution in [0.3, 0.4) is 0 Å². The molecule has 7 heteroatoms. The molecule has 1 aliphatic rings. The van der Waals surface area contributed by atoms with Crippen molar-refractivity contribution in [3.8, 4) is 0 Å². The van der Waals surface area contributed by atoms with Crippen LogP contribution in [0.4, 0.5) is 10.1 Å². The molecule has 2 amide bonds. The predicted octanol–water partition coefficient (Wildman–Crippen LogP) is 5.66. The van der Waals surface area contributed by atoms with Crippen LogP contribution in [0.2, 0.25) is 0 Å². The second-order valence-corrected chi connectivity index (χ2v) is 8.86. The summed E-state index contributed by atoms with van der Waals surface area (Å²) in [4.78, 5) is 31.1. The van der Waals surface area contributed by atoms with Crippen molar-refractivity contribution < 1.29 is 14.0 Å². The minimum absolute atomic E-state index is 0.268.